The molecule has 1 fully saturated rings. The van der Waals surface area contributed by atoms with Crippen molar-refractivity contribution in [3.05, 3.63) is 77.9 Å². The fourth-order valence-corrected chi connectivity index (χ4v) is 4.47. The van der Waals surface area contributed by atoms with Gasteiger partial charge in [0.05, 0.1) is 10.8 Å². The summed E-state index contributed by atoms with van der Waals surface area (Å²) in [4.78, 5) is 30.6. The second-order valence-corrected chi connectivity index (χ2v) is 9.33. The van der Waals surface area contributed by atoms with Gasteiger partial charge in [-0.3, -0.25) is 14.3 Å². The lowest BCUT2D eigenvalue weighted by molar-refractivity contribution is -0.122. The van der Waals surface area contributed by atoms with E-state index in [0.717, 1.165) is 0 Å². The smallest absolute Gasteiger partial charge is 0.263 e. The van der Waals surface area contributed by atoms with Gasteiger partial charge in [0.1, 0.15) is 5.82 Å². The average Bonchev–Trinajstić information content (AvgIpc) is 3.17. The van der Waals surface area contributed by atoms with E-state index in [-0.39, 0.29) is 35.5 Å². The highest BCUT2D eigenvalue weighted by Gasteiger charge is 2.35. The molecule has 32 heavy (non-hydrogen) atoms. The SMILES string of the molecule is O=C(Nc1ccc(S(=O)(=O)Nc2ccccn2)cc1)C1CC(=O)N(c2ccc(Cl)cc2)C1. The van der Waals surface area contributed by atoms with Crippen LogP contribution in [0.4, 0.5) is 17.2 Å². The van der Waals surface area contributed by atoms with Crippen molar-refractivity contribution >= 4 is 50.6 Å². The van der Waals surface area contributed by atoms with Crippen LogP contribution in [0.5, 0.6) is 0 Å². The molecule has 0 saturated carbocycles. The third kappa shape index (κ3) is 4.90. The van der Waals surface area contributed by atoms with E-state index in [2.05, 4.69) is 15.0 Å². The quantitative estimate of drug-likeness (QED) is 0.573. The van der Waals surface area contributed by atoms with Crippen molar-refractivity contribution in [3.8, 4) is 0 Å². The first-order valence-electron chi connectivity index (χ1n) is 9.72. The lowest BCUT2D eigenvalue weighted by Gasteiger charge is -2.17. The predicted molar refractivity (Wildman–Crippen MR) is 122 cm³/mol. The number of hydrogen-bond acceptors (Lipinski definition) is 5. The normalized spacial score (nSPS) is 16.1. The van der Waals surface area contributed by atoms with Gasteiger partial charge in [0.25, 0.3) is 10.0 Å². The van der Waals surface area contributed by atoms with Crippen LogP contribution in [0.1, 0.15) is 6.42 Å². The minimum atomic E-state index is -3.81. The van der Waals surface area contributed by atoms with Crippen LogP contribution in [0.3, 0.4) is 0 Å². The Balaban J connectivity index is 1.40. The first-order valence-corrected chi connectivity index (χ1v) is 11.6. The molecule has 1 atom stereocenters. The highest BCUT2D eigenvalue weighted by atomic mass is 35.5. The van der Waals surface area contributed by atoms with Gasteiger partial charge in [-0.15, -0.1) is 0 Å². The van der Waals surface area contributed by atoms with E-state index in [0.29, 0.717) is 16.4 Å². The number of aromatic nitrogens is 1. The molecule has 1 aliphatic rings. The lowest BCUT2D eigenvalue weighted by Crippen LogP contribution is -2.28. The van der Waals surface area contributed by atoms with Gasteiger partial charge in [-0.1, -0.05) is 17.7 Å². The highest BCUT2D eigenvalue weighted by molar-refractivity contribution is 7.92. The number of nitrogens with zero attached hydrogens (tertiary/aromatic N) is 2. The molecule has 2 N–H and O–H groups in total. The van der Waals surface area contributed by atoms with Crippen molar-refractivity contribution in [2.45, 2.75) is 11.3 Å². The Labute approximate surface area is 190 Å². The Kier molecular flexibility index (Phi) is 6.11. The van der Waals surface area contributed by atoms with E-state index in [1.54, 1.807) is 47.4 Å². The number of carbonyl (C=O) groups excluding carboxylic acids is 2. The predicted octanol–water partition coefficient (Wildman–Crippen LogP) is 3.53. The minimum Gasteiger partial charge on any atom is -0.326 e. The molecular weight excluding hydrogens is 452 g/mol. The fourth-order valence-electron chi connectivity index (χ4n) is 3.34. The van der Waals surface area contributed by atoms with E-state index < -0.39 is 15.9 Å². The Hall–Kier alpha value is -3.43. The number of sulfonamides is 1. The van der Waals surface area contributed by atoms with Crippen LogP contribution < -0.4 is 14.9 Å². The van der Waals surface area contributed by atoms with E-state index in [1.807, 2.05) is 0 Å². The fraction of sp³-hybridized carbons (Fsp3) is 0.136. The molecule has 0 radical (unpaired) electrons. The summed E-state index contributed by atoms with van der Waals surface area (Å²) in [5.74, 6) is -0.764. The zero-order valence-corrected chi connectivity index (χ0v) is 18.3. The van der Waals surface area contributed by atoms with Crippen molar-refractivity contribution in [1.82, 2.24) is 4.98 Å². The first-order chi connectivity index (χ1) is 15.3. The molecule has 0 bridgehead atoms. The van der Waals surface area contributed by atoms with E-state index in [9.17, 15) is 18.0 Å². The molecule has 3 aromatic rings. The number of hydrogen-bond donors (Lipinski definition) is 2. The topological polar surface area (TPSA) is 108 Å². The molecule has 2 heterocycles. The molecule has 1 unspecified atom stereocenters. The van der Waals surface area contributed by atoms with Crippen LogP contribution in [0.2, 0.25) is 5.02 Å². The summed E-state index contributed by atoms with van der Waals surface area (Å²) >= 11 is 5.89. The van der Waals surface area contributed by atoms with Crippen molar-refractivity contribution in [2.24, 2.45) is 5.92 Å². The van der Waals surface area contributed by atoms with Crippen molar-refractivity contribution < 1.29 is 18.0 Å². The number of anilines is 3. The second kappa shape index (κ2) is 8.97. The molecule has 2 aromatic carbocycles. The summed E-state index contributed by atoms with van der Waals surface area (Å²) in [7, 11) is -3.81. The van der Waals surface area contributed by atoms with Crippen molar-refractivity contribution in [1.29, 1.82) is 0 Å². The number of amides is 2. The molecule has 164 valence electrons. The lowest BCUT2D eigenvalue weighted by atomic mass is 10.1. The molecular formula is C22H19ClN4O4S. The third-order valence-corrected chi connectivity index (χ3v) is 6.59. The molecule has 2 amide bonds. The van der Waals surface area contributed by atoms with Crippen LogP contribution in [0.15, 0.2) is 77.8 Å². The van der Waals surface area contributed by atoms with Crippen LogP contribution in [-0.2, 0) is 19.6 Å². The third-order valence-electron chi connectivity index (χ3n) is 4.97. The first kappa shape index (κ1) is 21.8. The largest absolute Gasteiger partial charge is 0.326 e. The molecule has 4 rings (SSSR count). The van der Waals surface area contributed by atoms with Crippen molar-refractivity contribution in [2.75, 3.05) is 21.5 Å². The molecule has 1 aromatic heterocycles. The highest BCUT2D eigenvalue weighted by Crippen LogP contribution is 2.27. The van der Waals surface area contributed by atoms with E-state index in [4.69, 9.17) is 11.6 Å². The average molecular weight is 471 g/mol. The van der Waals surface area contributed by atoms with Gasteiger partial charge in [0.2, 0.25) is 11.8 Å². The van der Waals surface area contributed by atoms with Crippen molar-refractivity contribution in [3.63, 3.8) is 0 Å². The zero-order valence-electron chi connectivity index (χ0n) is 16.7. The number of nitrogens with one attached hydrogen (secondary N) is 2. The zero-order chi connectivity index (χ0) is 22.7. The van der Waals surface area contributed by atoms with Gasteiger partial charge in [0, 0.05) is 35.6 Å². The maximum atomic E-state index is 12.7. The second-order valence-electron chi connectivity index (χ2n) is 7.22. The van der Waals surface area contributed by atoms with Gasteiger partial charge in [-0.25, -0.2) is 13.4 Å². The maximum Gasteiger partial charge on any atom is 0.263 e. The van der Waals surface area contributed by atoms with Gasteiger partial charge in [-0.05, 0) is 60.7 Å². The number of halogens is 1. The standard InChI is InChI=1S/C22H19ClN4O4S/c23-16-4-8-18(9-5-16)27-14-15(13-21(27)28)22(29)25-17-6-10-19(11-7-17)32(30,31)26-20-3-1-2-12-24-20/h1-12,15H,13-14H2,(H,24,26)(H,25,29). The Morgan fingerprint density at radius 1 is 1.03 bits per heavy atom. The molecule has 1 saturated heterocycles. The van der Waals surface area contributed by atoms with Crippen LogP contribution in [0.25, 0.3) is 0 Å². The summed E-state index contributed by atoms with van der Waals surface area (Å²) in [5, 5.41) is 3.31. The van der Waals surface area contributed by atoms with E-state index >= 15 is 0 Å². The summed E-state index contributed by atoms with van der Waals surface area (Å²) < 4.78 is 27.4. The Morgan fingerprint density at radius 2 is 1.75 bits per heavy atom. The molecule has 0 aliphatic carbocycles. The van der Waals surface area contributed by atoms with Gasteiger partial charge < -0.3 is 10.2 Å². The number of benzene rings is 2. The number of carbonyl (C=O) groups is 2. The molecule has 10 heteroatoms. The summed E-state index contributed by atoms with van der Waals surface area (Å²) in [5.41, 5.74) is 1.12. The van der Waals surface area contributed by atoms with Crippen LogP contribution in [-0.4, -0.2) is 31.8 Å². The Morgan fingerprint density at radius 3 is 2.41 bits per heavy atom. The molecule has 1 aliphatic heterocycles. The summed E-state index contributed by atoms with van der Waals surface area (Å²) in [6.07, 6.45) is 1.58. The number of pyridine rings is 1. The van der Waals surface area contributed by atoms with Crippen LogP contribution in [0, 0.1) is 5.92 Å². The molecule has 0 spiro atoms. The summed E-state index contributed by atoms with van der Waals surface area (Å²) in [6.45, 7) is 0.257. The van der Waals surface area contributed by atoms with E-state index in [1.165, 1.54) is 30.5 Å². The van der Waals surface area contributed by atoms with Gasteiger partial charge in [0.15, 0.2) is 0 Å². The van der Waals surface area contributed by atoms with Gasteiger partial charge in [-0.2, -0.15) is 0 Å². The minimum absolute atomic E-state index is 0.0334. The number of rotatable bonds is 6. The summed E-state index contributed by atoms with van der Waals surface area (Å²) in [6, 6.07) is 17.5. The van der Waals surface area contributed by atoms with Crippen LogP contribution >= 0.6 is 11.6 Å². The molecule has 8 nitrogen and oxygen atoms in total. The Bertz CT molecular complexity index is 1230. The van der Waals surface area contributed by atoms with Gasteiger partial charge >= 0.3 is 0 Å². The monoisotopic (exact) mass is 470 g/mol. The maximum absolute atomic E-state index is 12.7.